The van der Waals surface area contributed by atoms with Crippen LogP contribution in [0.3, 0.4) is 0 Å². The smallest absolute Gasteiger partial charge is 0.410 e. The van der Waals surface area contributed by atoms with E-state index in [0.717, 1.165) is 45.5 Å². The number of carbonyl (C=O) groups excluding carboxylic acids is 1. The molecule has 3 aliphatic rings. The lowest BCUT2D eigenvalue weighted by molar-refractivity contribution is 0.158. The van der Waals surface area contributed by atoms with Crippen molar-refractivity contribution in [3.05, 3.63) is 53.6 Å². The number of cyclic esters (lactones) is 1. The molecule has 3 aliphatic heterocycles. The fraction of sp³-hybridized carbons (Fsp3) is 0.273. The maximum atomic E-state index is 14.1. The van der Waals surface area contributed by atoms with E-state index >= 15 is 0 Å². The van der Waals surface area contributed by atoms with E-state index in [1.54, 1.807) is 17.2 Å². The number of benzene rings is 1. The molecule has 2 aromatic heterocycles. The third-order valence-corrected chi connectivity index (χ3v) is 6.20. The van der Waals surface area contributed by atoms with Crippen molar-refractivity contribution in [1.82, 2.24) is 14.9 Å². The summed E-state index contributed by atoms with van der Waals surface area (Å²) in [6.45, 7) is 1.73. The van der Waals surface area contributed by atoms with E-state index in [0.29, 0.717) is 19.7 Å². The standard InChI is InChI=1S/C22H19FN4O2/c1-26-10-17-19-15(16-9-13(23)2-3-18(16)26)4-6-24-21(19)25-20(17)12-5-7-27-14(8-12)11-29-22(27)28/h2-4,6,8-9,14H,5,7,10-11H2,1H3,(H,24,25)/t14-/m1/s1. The van der Waals surface area contributed by atoms with Gasteiger partial charge in [-0.05, 0) is 41.8 Å². The number of ether oxygens (including phenoxy) is 1. The molecule has 0 bridgehead atoms. The number of pyridine rings is 1. The number of carbonyl (C=O) groups is 1. The molecular formula is C22H19FN4O2. The number of hydrogen-bond acceptors (Lipinski definition) is 4. The molecule has 1 aromatic carbocycles. The molecule has 1 atom stereocenters. The first kappa shape index (κ1) is 16.6. The highest BCUT2D eigenvalue weighted by Gasteiger charge is 2.35. The van der Waals surface area contributed by atoms with E-state index in [9.17, 15) is 9.18 Å². The average Bonchev–Trinajstić information content (AvgIpc) is 3.24. The molecule has 6 rings (SSSR count). The third kappa shape index (κ3) is 2.33. The number of rotatable bonds is 1. The van der Waals surface area contributed by atoms with Gasteiger partial charge in [0.25, 0.3) is 0 Å². The lowest BCUT2D eigenvalue weighted by Gasteiger charge is -2.26. The van der Waals surface area contributed by atoms with E-state index in [1.807, 2.05) is 19.2 Å². The van der Waals surface area contributed by atoms with Crippen molar-refractivity contribution in [2.75, 3.05) is 25.1 Å². The summed E-state index contributed by atoms with van der Waals surface area (Å²) in [6, 6.07) is 6.88. The summed E-state index contributed by atoms with van der Waals surface area (Å²) in [5.74, 6) is -0.248. The number of aromatic nitrogens is 2. The van der Waals surface area contributed by atoms with Crippen molar-refractivity contribution < 1.29 is 13.9 Å². The highest BCUT2D eigenvalue weighted by molar-refractivity contribution is 6.02. The van der Waals surface area contributed by atoms with Gasteiger partial charge in [0.05, 0.1) is 6.04 Å². The Morgan fingerprint density at radius 2 is 2.17 bits per heavy atom. The minimum atomic E-state index is -0.248. The maximum absolute atomic E-state index is 14.1. The first-order chi connectivity index (χ1) is 14.1. The largest absolute Gasteiger partial charge is 0.447 e. The molecular weight excluding hydrogens is 371 g/mol. The number of nitrogens with zero attached hydrogens (tertiary/aromatic N) is 3. The minimum Gasteiger partial charge on any atom is -0.447 e. The van der Waals surface area contributed by atoms with Gasteiger partial charge in [0, 0.05) is 54.2 Å². The van der Waals surface area contributed by atoms with Crippen LogP contribution in [0.15, 0.2) is 36.5 Å². The van der Waals surface area contributed by atoms with Crippen LogP contribution in [0.25, 0.3) is 27.7 Å². The number of nitrogens with one attached hydrogen (secondary N) is 1. The zero-order chi connectivity index (χ0) is 19.7. The molecule has 0 aliphatic carbocycles. The minimum absolute atomic E-state index is 0.0212. The molecule has 29 heavy (non-hydrogen) atoms. The molecule has 0 radical (unpaired) electrons. The van der Waals surface area contributed by atoms with E-state index in [1.165, 1.54) is 11.6 Å². The number of fused-ring (bicyclic) bond motifs is 3. The monoisotopic (exact) mass is 390 g/mol. The molecule has 0 unspecified atom stereocenters. The highest BCUT2D eigenvalue weighted by Crippen LogP contribution is 2.43. The van der Waals surface area contributed by atoms with Crippen LogP contribution >= 0.6 is 0 Å². The highest BCUT2D eigenvalue weighted by atomic mass is 19.1. The lowest BCUT2D eigenvalue weighted by Crippen LogP contribution is -2.36. The summed E-state index contributed by atoms with van der Waals surface area (Å²) >= 11 is 0. The zero-order valence-corrected chi connectivity index (χ0v) is 15.9. The van der Waals surface area contributed by atoms with Crippen molar-refractivity contribution in [3.63, 3.8) is 0 Å². The first-order valence-corrected chi connectivity index (χ1v) is 9.75. The number of hydrogen-bond donors (Lipinski definition) is 1. The Labute approximate surface area is 166 Å². The van der Waals surface area contributed by atoms with Crippen LogP contribution in [-0.4, -0.2) is 47.2 Å². The van der Waals surface area contributed by atoms with Gasteiger partial charge in [0.15, 0.2) is 0 Å². The van der Waals surface area contributed by atoms with Crippen molar-refractivity contribution >= 4 is 28.4 Å². The quantitative estimate of drug-likeness (QED) is 0.684. The second kappa shape index (κ2) is 5.83. The van der Waals surface area contributed by atoms with Gasteiger partial charge in [-0.3, -0.25) is 4.90 Å². The summed E-state index contributed by atoms with van der Waals surface area (Å²) in [6.07, 6.45) is 4.42. The number of aromatic amines is 1. The molecule has 1 fully saturated rings. The summed E-state index contributed by atoms with van der Waals surface area (Å²) in [5, 5.41) is 1.04. The predicted molar refractivity (Wildman–Crippen MR) is 108 cm³/mol. The predicted octanol–water partition coefficient (Wildman–Crippen LogP) is 3.93. The summed E-state index contributed by atoms with van der Waals surface area (Å²) in [7, 11) is 2.03. The van der Waals surface area contributed by atoms with E-state index in [4.69, 9.17) is 4.74 Å². The van der Waals surface area contributed by atoms with Gasteiger partial charge in [0.2, 0.25) is 0 Å². The van der Waals surface area contributed by atoms with Crippen LogP contribution in [0.2, 0.25) is 0 Å². The summed E-state index contributed by atoms with van der Waals surface area (Å²) < 4.78 is 19.3. The Hall–Kier alpha value is -3.35. The topological polar surface area (TPSA) is 61.5 Å². The van der Waals surface area contributed by atoms with Gasteiger partial charge in [-0.2, -0.15) is 0 Å². The van der Waals surface area contributed by atoms with Gasteiger partial charge < -0.3 is 14.6 Å². The number of amides is 1. The Bertz CT molecular complexity index is 1210. The Morgan fingerprint density at radius 3 is 3.07 bits per heavy atom. The summed E-state index contributed by atoms with van der Waals surface area (Å²) in [4.78, 5) is 23.8. The van der Waals surface area contributed by atoms with Gasteiger partial charge in [-0.25, -0.2) is 14.2 Å². The Morgan fingerprint density at radius 1 is 1.28 bits per heavy atom. The van der Waals surface area contributed by atoms with E-state index < -0.39 is 0 Å². The van der Waals surface area contributed by atoms with Crippen molar-refractivity contribution in [1.29, 1.82) is 0 Å². The molecule has 1 saturated heterocycles. The van der Waals surface area contributed by atoms with Gasteiger partial charge >= 0.3 is 6.09 Å². The third-order valence-electron chi connectivity index (χ3n) is 6.20. The first-order valence-electron chi connectivity index (χ1n) is 9.75. The lowest BCUT2D eigenvalue weighted by atomic mass is 9.96. The molecule has 0 saturated carbocycles. The SMILES string of the molecule is CN1Cc2c(C3=C[C@@H]4COC(=O)N4CC3)[nH]c3nccc(c23)-c2cc(F)ccc21. The average molecular weight is 390 g/mol. The molecule has 5 heterocycles. The number of anilines is 1. The van der Waals surface area contributed by atoms with E-state index in [2.05, 4.69) is 20.9 Å². The summed E-state index contributed by atoms with van der Waals surface area (Å²) in [5.41, 5.74) is 7.06. The zero-order valence-electron chi connectivity index (χ0n) is 15.9. The maximum Gasteiger partial charge on any atom is 0.410 e. The van der Waals surface area contributed by atoms with Crippen LogP contribution in [0.1, 0.15) is 17.7 Å². The van der Waals surface area contributed by atoms with Gasteiger partial charge in [-0.15, -0.1) is 0 Å². The molecule has 146 valence electrons. The van der Waals surface area contributed by atoms with Crippen LogP contribution in [-0.2, 0) is 11.3 Å². The Balaban J connectivity index is 1.56. The fourth-order valence-electron chi connectivity index (χ4n) is 4.84. The van der Waals surface area contributed by atoms with Crippen LogP contribution in [0.5, 0.6) is 0 Å². The van der Waals surface area contributed by atoms with Crippen LogP contribution in [0.4, 0.5) is 14.9 Å². The molecule has 7 heteroatoms. The van der Waals surface area contributed by atoms with E-state index in [-0.39, 0.29) is 18.0 Å². The second-order valence-electron chi connectivity index (χ2n) is 7.86. The van der Waals surface area contributed by atoms with Gasteiger partial charge in [0.1, 0.15) is 18.1 Å². The number of H-pyrrole nitrogens is 1. The van der Waals surface area contributed by atoms with Crippen molar-refractivity contribution in [2.45, 2.75) is 19.0 Å². The normalized spacial score (nSPS) is 20.3. The number of halogens is 1. The molecule has 0 spiro atoms. The van der Waals surface area contributed by atoms with Crippen molar-refractivity contribution in [2.24, 2.45) is 0 Å². The molecule has 1 N–H and O–H groups in total. The van der Waals surface area contributed by atoms with Crippen LogP contribution in [0, 0.1) is 5.82 Å². The fourth-order valence-corrected chi connectivity index (χ4v) is 4.84. The molecule has 3 aromatic rings. The second-order valence-corrected chi connectivity index (χ2v) is 7.86. The molecule has 6 nitrogen and oxygen atoms in total. The molecule has 1 amide bonds. The Kier molecular flexibility index (Phi) is 3.33. The van der Waals surface area contributed by atoms with Gasteiger partial charge in [-0.1, -0.05) is 6.08 Å². The van der Waals surface area contributed by atoms with Crippen LogP contribution < -0.4 is 4.90 Å². The van der Waals surface area contributed by atoms with Crippen molar-refractivity contribution in [3.8, 4) is 11.1 Å².